The second-order valence-corrected chi connectivity index (χ2v) is 5.17. The number of nitrogens with two attached hydrogens (primary N) is 1. The van der Waals surface area contributed by atoms with E-state index in [1.54, 1.807) is 0 Å². The Morgan fingerprint density at radius 1 is 1.24 bits per heavy atom. The number of rotatable bonds is 1. The van der Waals surface area contributed by atoms with Gasteiger partial charge in [-0.05, 0) is 27.7 Å². The van der Waals surface area contributed by atoms with Gasteiger partial charge in [0.2, 0.25) is 0 Å². The van der Waals surface area contributed by atoms with Gasteiger partial charge in [0.25, 0.3) is 0 Å². The lowest BCUT2D eigenvalue weighted by atomic mass is 9.98. The highest BCUT2D eigenvalue weighted by atomic mass is 16.6. The molecule has 0 aromatic heterocycles. The molecule has 100 valence electrons. The van der Waals surface area contributed by atoms with Gasteiger partial charge in [-0.3, -0.25) is 4.79 Å². The van der Waals surface area contributed by atoms with Crippen molar-refractivity contribution < 1.29 is 24.7 Å². The van der Waals surface area contributed by atoms with E-state index >= 15 is 0 Å². The minimum atomic E-state index is -1.08. The molecule has 0 atom stereocenters. The largest absolute Gasteiger partial charge is 0.550 e. The van der Waals surface area contributed by atoms with Crippen LogP contribution in [0.2, 0.25) is 0 Å². The van der Waals surface area contributed by atoms with Gasteiger partial charge < -0.3 is 20.0 Å². The SMILES string of the molecule is CC(=O)[O-].CC(C)(C)OC(=O)C1CC[NH2+]CC1. The predicted molar refractivity (Wildman–Crippen MR) is 60.9 cm³/mol. The lowest BCUT2D eigenvalue weighted by Gasteiger charge is -2.25. The molecule has 0 aromatic rings. The fraction of sp³-hybridized carbons (Fsp3) is 0.833. The van der Waals surface area contributed by atoms with E-state index in [9.17, 15) is 4.79 Å². The number of hydrogen-bond donors (Lipinski definition) is 1. The quantitative estimate of drug-likeness (QED) is 0.604. The number of carbonyl (C=O) groups excluding carboxylic acids is 2. The molecule has 0 saturated carbocycles. The zero-order valence-corrected chi connectivity index (χ0v) is 11.1. The van der Waals surface area contributed by atoms with Crippen LogP contribution < -0.4 is 10.4 Å². The average molecular weight is 245 g/mol. The normalized spacial score (nSPS) is 16.7. The summed E-state index contributed by atoms with van der Waals surface area (Å²) in [6.07, 6.45) is 1.93. The van der Waals surface area contributed by atoms with Crippen molar-refractivity contribution >= 4 is 11.9 Å². The van der Waals surface area contributed by atoms with Gasteiger partial charge in [-0.1, -0.05) is 0 Å². The van der Waals surface area contributed by atoms with E-state index < -0.39 is 5.97 Å². The summed E-state index contributed by atoms with van der Waals surface area (Å²) in [4.78, 5) is 20.5. The van der Waals surface area contributed by atoms with Crippen LogP contribution in [0.15, 0.2) is 0 Å². The predicted octanol–water partition coefficient (Wildman–Crippen LogP) is -0.942. The molecule has 0 bridgehead atoms. The molecule has 1 saturated heterocycles. The molecule has 1 heterocycles. The molecule has 0 unspecified atom stereocenters. The van der Waals surface area contributed by atoms with Crippen molar-refractivity contribution in [3.63, 3.8) is 0 Å². The molecule has 2 N–H and O–H groups in total. The van der Waals surface area contributed by atoms with Crippen molar-refractivity contribution in [1.29, 1.82) is 0 Å². The van der Waals surface area contributed by atoms with Gasteiger partial charge in [-0.25, -0.2) is 0 Å². The molecular formula is C12H23NO4. The zero-order chi connectivity index (χ0) is 13.5. The van der Waals surface area contributed by atoms with Gasteiger partial charge in [0, 0.05) is 18.8 Å². The fourth-order valence-electron chi connectivity index (χ4n) is 1.55. The summed E-state index contributed by atoms with van der Waals surface area (Å²) in [7, 11) is 0. The van der Waals surface area contributed by atoms with Crippen LogP contribution in [0.4, 0.5) is 0 Å². The summed E-state index contributed by atoms with van der Waals surface area (Å²) >= 11 is 0. The first kappa shape index (κ1) is 15.9. The van der Waals surface area contributed by atoms with E-state index in [2.05, 4.69) is 5.32 Å². The molecule has 0 amide bonds. The first-order chi connectivity index (χ1) is 7.72. The molecule has 0 spiro atoms. The van der Waals surface area contributed by atoms with Crippen LogP contribution in [-0.4, -0.2) is 30.6 Å². The van der Waals surface area contributed by atoms with Crippen LogP contribution in [0.1, 0.15) is 40.5 Å². The molecular weight excluding hydrogens is 222 g/mol. The number of carboxylic acids is 1. The maximum atomic E-state index is 11.6. The lowest BCUT2D eigenvalue weighted by molar-refractivity contribution is -0.664. The highest BCUT2D eigenvalue weighted by molar-refractivity contribution is 5.72. The van der Waals surface area contributed by atoms with Crippen LogP contribution in [0.25, 0.3) is 0 Å². The van der Waals surface area contributed by atoms with Crippen LogP contribution >= 0.6 is 0 Å². The molecule has 1 rings (SSSR count). The Morgan fingerprint density at radius 2 is 1.65 bits per heavy atom. The summed E-state index contributed by atoms with van der Waals surface area (Å²) in [5.41, 5.74) is -0.335. The minimum absolute atomic E-state index is 0.0133. The summed E-state index contributed by atoms with van der Waals surface area (Å²) < 4.78 is 5.32. The van der Waals surface area contributed by atoms with Crippen LogP contribution in [0.5, 0.6) is 0 Å². The Labute approximate surface area is 103 Å². The molecule has 0 radical (unpaired) electrons. The fourth-order valence-corrected chi connectivity index (χ4v) is 1.55. The molecule has 1 fully saturated rings. The zero-order valence-electron chi connectivity index (χ0n) is 11.1. The van der Waals surface area contributed by atoms with Crippen LogP contribution in [-0.2, 0) is 14.3 Å². The molecule has 0 aromatic carbocycles. The van der Waals surface area contributed by atoms with Gasteiger partial charge in [0.15, 0.2) is 0 Å². The van der Waals surface area contributed by atoms with Gasteiger partial charge in [0.05, 0.1) is 19.0 Å². The first-order valence-corrected chi connectivity index (χ1v) is 5.94. The van der Waals surface area contributed by atoms with Crippen molar-refractivity contribution in [2.75, 3.05) is 13.1 Å². The molecule has 0 aliphatic carbocycles. The lowest BCUT2D eigenvalue weighted by Crippen LogP contribution is -2.86. The first-order valence-electron chi connectivity index (χ1n) is 5.94. The van der Waals surface area contributed by atoms with Crippen molar-refractivity contribution in [2.24, 2.45) is 5.92 Å². The average Bonchev–Trinajstić information content (AvgIpc) is 2.15. The summed E-state index contributed by atoms with van der Waals surface area (Å²) in [6, 6.07) is 0. The maximum Gasteiger partial charge on any atom is 0.309 e. The highest BCUT2D eigenvalue weighted by Gasteiger charge is 2.27. The Bertz CT molecular complexity index is 248. The smallest absolute Gasteiger partial charge is 0.309 e. The third-order valence-electron chi connectivity index (χ3n) is 2.18. The van der Waals surface area contributed by atoms with Crippen molar-refractivity contribution in [3.8, 4) is 0 Å². The highest BCUT2D eigenvalue weighted by Crippen LogP contribution is 2.16. The van der Waals surface area contributed by atoms with Crippen LogP contribution in [0, 0.1) is 5.92 Å². The second kappa shape index (κ2) is 7.27. The van der Waals surface area contributed by atoms with E-state index in [1.807, 2.05) is 20.8 Å². The summed E-state index contributed by atoms with van der Waals surface area (Å²) in [6.45, 7) is 8.84. The van der Waals surface area contributed by atoms with Crippen LogP contribution in [0.3, 0.4) is 0 Å². The second-order valence-electron chi connectivity index (χ2n) is 5.17. The molecule has 1 aliphatic rings. The Kier molecular flexibility index (Phi) is 6.80. The van der Waals surface area contributed by atoms with E-state index in [4.69, 9.17) is 14.6 Å². The molecule has 5 nitrogen and oxygen atoms in total. The number of piperidine rings is 1. The third kappa shape index (κ3) is 9.81. The summed E-state index contributed by atoms with van der Waals surface area (Å²) in [5.74, 6) is -0.954. The Hall–Kier alpha value is -1.10. The van der Waals surface area contributed by atoms with Gasteiger partial charge >= 0.3 is 5.97 Å². The van der Waals surface area contributed by atoms with Gasteiger partial charge in [-0.2, -0.15) is 0 Å². The van der Waals surface area contributed by atoms with Crippen molar-refractivity contribution in [1.82, 2.24) is 0 Å². The van der Waals surface area contributed by atoms with Crippen molar-refractivity contribution in [2.45, 2.75) is 46.1 Å². The summed E-state index contributed by atoms with van der Waals surface area (Å²) in [5, 5.41) is 11.1. The van der Waals surface area contributed by atoms with Gasteiger partial charge in [0.1, 0.15) is 5.60 Å². The standard InChI is InChI=1S/C10H19NO2.C2H4O2/c1-10(2,3)13-9(12)8-4-6-11-7-5-8;1-2(3)4/h8,11H,4-7H2,1-3H3;1H3,(H,3,4). The topological polar surface area (TPSA) is 83.0 Å². The Morgan fingerprint density at radius 3 is 2.00 bits per heavy atom. The van der Waals surface area contributed by atoms with Crippen molar-refractivity contribution in [3.05, 3.63) is 0 Å². The monoisotopic (exact) mass is 245 g/mol. The number of carboxylic acid groups (broad SMARTS) is 1. The minimum Gasteiger partial charge on any atom is -0.550 e. The molecule has 5 heteroatoms. The van der Waals surface area contributed by atoms with Gasteiger partial charge in [-0.15, -0.1) is 0 Å². The number of hydrogen-bond acceptors (Lipinski definition) is 4. The molecule has 17 heavy (non-hydrogen) atoms. The van der Waals surface area contributed by atoms with E-state index in [1.165, 1.54) is 0 Å². The Balaban J connectivity index is 0.000000557. The van der Waals surface area contributed by atoms with E-state index in [-0.39, 0.29) is 17.5 Å². The van der Waals surface area contributed by atoms with E-state index in [0.717, 1.165) is 32.9 Å². The number of aliphatic carboxylic acids is 1. The third-order valence-corrected chi connectivity index (χ3v) is 2.18. The number of carbonyl (C=O) groups is 2. The number of ether oxygens (including phenoxy) is 1. The maximum absolute atomic E-state index is 11.6. The number of quaternary nitrogens is 1. The number of esters is 1. The molecule has 1 aliphatic heterocycles. The van der Waals surface area contributed by atoms with E-state index in [0.29, 0.717) is 0 Å².